The van der Waals surface area contributed by atoms with Gasteiger partial charge in [-0.25, -0.2) is 0 Å². The predicted octanol–water partition coefficient (Wildman–Crippen LogP) is 3.12. The molecular formula is C12H15F3N2OS. The van der Waals surface area contributed by atoms with Crippen LogP contribution in [0.5, 0.6) is 0 Å². The number of halogens is 3. The molecule has 0 saturated carbocycles. The molecule has 0 aliphatic carbocycles. The fraction of sp³-hybridized carbons (Fsp3) is 0.417. The topological polar surface area (TPSA) is 59.1 Å². The summed E-state index contributed by atoms with van der Waals surface area (Å²) >= 11 is 1.41. The first kappa shape index (κ1) is 15.8. The highest BCUT2D eigenvalue weighted by Crippen LogP contribution is 2.34. The monoisotopic (exact) mass is 292 g/mol. The summed E-state index contributed by atoms with van der Waals surface area (Å²) in [5, 5.41) is 7.24. The number of nitrogen functional groups attached to an aromatic ring is 1. The van der Waals surface area contributed by atoms with Gasteiger partial charge in [-0.3, -0.25) is 5.41 Å². The minimum absolute atomic E-state index is 0.274. The van der Waals surface area contributed by atoms with Gasteiger partial charge in [0.1, 0.15) is 5.84 Å². The lowest BCUT2D eigenvalue weighted by molar-refractivity contribution is -0.137. The molecule has 0 atom stereocenters. The highest BCUT2D eigenvalue weighted by Gasteiger charge is 2.34. The van der Waals surface area contributed by atoms with Crippen LogP contribution in [0.25, 0.3) is 0 Å². The maximum atomic E-state index is 12.7. The van der Waals surface area contributed by atoms with Gasteiger partial charge in [-0.2, -0.15) is 13.2 Å². The fourth-order valence-corrected chi connectivity index (χ4v) is 2.34. The molecule has 0 spiro atoms. The molecule has 0 aliphatic rings. The molecule has 7 heteroatoms. The standard InChI is InChI=1S/C12H15F3N2OS/c1-18-5-2-6-19-8-3-4-10(12(13,14)15)9(7-8)11(16)17/h3-4,7H,2,5-6H2,1H3,(H3,16,17). The molecule has 19 heavy (non-hydrogen) atoms. The summed E-state index contributed by atoms with van der Waals surface area (Å²) in [6.07, 6.45) is -3.70. The molecule has 0 aliphatic heterocycles. The predicted molar refractivity (Wildman–Crippen MR) is 69.7 cm³/mol. The summed E-state index contributed by atoms with van der Waals surface area (Å²) < 4.78 is 43.0. The number of thioether (sulfide) groups is 1. The Kier molecular flexibility index (Phi) is 5.68. The molecule has 1 rings (SSSR count). The van der Waals surface area contributed by atoms with Gasteiger partial charge in [0.15, 0.2) is 0 Å². The third kappa shape index (κ3) is 4.76. The van der Waals surface area contributed by atoms with E-state index in [2.05, 4.69) is 0 Å². The van der Waals surface area contributed by atoms with Crippen LogP contribution < -0.4 is 5.73 Å². The number of alkyl halides is 3. The number of rotatable bonds is 6. The summed E-state index contributed by atoms with van der Waals surface area (Å²) in [4.78, 5) is 0.661. The summed E-state index contributed by atoms with van der Waals surface area (Å²) in [6, 6.07) is 3.67. The smallest absolute Gasteiger partial charge is 0.385 e. The summed E-state index contributed by atoms with van der Waals surface area (Å²) in [6.45, 7) is 0.604. The zero-order valence-corrected chi connectivity index (χ0v) is 11.2. The van der Waals surface area contributed by atoms with Gasteiger partial charge in [-0.15, -0.1) is 11.8 Å². The van der Waals surface area contributed by atoms with E-state index in [1.165, 1.54) is 23.9 Å². The maximum absolute atomic E-state index is 12.7. The van der Waals surface area contributed by atoms with Crippen molar-refractivity contribution in [2.45, 2.75) is 17.5 Å². The second-order valence-electron chi connectivity index (χ2n) is 3.81. The van der Waals surface area contributed by atoms with Crippen LogP contribution in [-0.4, -0.2) is 25.3 Å². The van der Waals surface area contributed by atoms with E-state index >= 15 is 0 Å². The van der Waals surface area contributed by atoms with Gasteiger partial charge in [0.2, 0.25) is 0 Å². The molecule has 0 amide bonds. The molecule has 106 valence electrons. The molecule has 0 saturated heterocycles. The van der Waals surface area contributed by atoms with Gasteiger partial charge in [-0.1, -0.05) is 0 Å². The van der Waals surface area contributed by atoms with Gasteiger partial charge in [0, 0.05) is 29.9 Å². The molecule has 0 aromatic heterocycles. The quantitative estimate of drug-likeness (QED) is 0.366. The van der Waals surface area contributed by atoms with E-state index in [0.717, 1.165) is 18.2 Å². The van der Waals surface area contributed by atoms with Crippen molar-refractivity contribution >= 4 is 17.6 Å². The molecule has 3 nitrogen and oxygen atoms in total. The van der Waals surface area contributed by atoms with Crippen molar-refractivity contribution in [1.29, 1.82) is 5.41 Å². The fourth-order valence-electron chi connectivity index (χ4n) is 1.48. The SMILES string of the molecule is COCCCSc1ccc(C(F)(F)F)c(C(=N)N)c1. The lowest BCUT2D eigenvalue weighted by atomic mass is 10.1. The molecule has 0 unspecified atom stereocenters. The summed E-state index contributed by atoms with van der Waals surface area (Å²) in [7, 11) is 1.59. The average molecular weight is 292 g/mol. The van der Waals surface area contributed by atoms with Crippen molar-refractivity contribution in [3.8, 4) is 0 Å². The lowest BCUT2D eigenvalue weighted by Crippen LogP contribution is -2.18. The first-order valence-corrected chi connectivity index (χ1v) is 6.52. The van der Waals surface area contributed by atoms with Crippen LogP contribution in [0, 0.1) is 5.41 Å². The van der Waals surface area contributed by atoms with Crippen LogP contribution >= 0.6 is 11.8 Å². The molecule has 1 aromatic carbocycles. The minimum atomic E-state index is -4.50. The molecule has 0 heterocycles. The maximum Gasteiger partial charge on any atom is 0.417 e. The molecule has 0 fully saturated rings. The third-order valence-electron chi connectivity index (χ3n) is 2.35. The largest absolute Gasteiger partial charge is 0.417 e. The van der Waals surface area contributed by atoms with Crippen molar-refractivity contribution < 1.29 is 17.9 Å². The van der Waals surface area contributed by atoms with Crippen LogP contribution in [0.1, 0.15) is 17.5 Å². The van der Waals surface area contributed by atoms with Crippen LogP contribution in [-0.2, 0) is 10.9 Å². The van der Waals surface area contributed by atoms with Crippen LogP contribution in [0.2, 0.25) is 0 Å². The van der Waals surface area contributed by atoms with E-state index < -0.39 is 17.6 Å². The van der Waals surface area contributed by atoms with Crippen LogP contribution in [0.3, 0.4) is 0 Å². The van der Waals surface area contributed by atoms with Crippen LogP contribution in [0.4, 0.5) is 13.2 Å². The van der Waals surface area contributed by atoms with Crippen molar-refractivity contribution in [3.63, 3.8) is 0 Å². The van der Waals surface area contributed by atoms with Crippen molar-refractivity contribution in [2.75, 3.05) is 19.5 Å². The molecule has 1 aromatic rings. The zero-order chi connectivity index (χ0) is 14.5. The van der Waals surface area contributed by atoms with Crippen LogP contribution in [0.15, 0.2) is 23.1 Å². The number of methoxy groups -OCH3 is 1. The van der Waals surface area contributed by atoms with E-state index in [0.29, 0.717) is 11.5 Å². The Morgan fingerprint density at radius 3 is 2.63 bits per heavy atom. The van der Waals surface area contributed by atoms with Crippen molar-refractivity contribution in [3.05, 3.63) is 29.3 Å². The second kappa shape index (κ2) is 6.81. The Morgan fingerprint density at radius 2 is 2.11 bits per heavy atom. The van der Waals surface area contributed by atoms with E-state index in [4.69, 9.17) is 15.9 Å². The van der Waals surface area contributed by atoms with E-state index in [1.54, 1.807) is 7.11 Å². The van der Waals surface area contributed by atoms with Gasteiger partial charge >= 0.3 is 6.18 Å². The number of hydrogen-bond donors (Lipinski definition) is 2. The molecule has 3 N–H and O–H groups in total. The molecular weight excluding hydrogens is 277 g/mol. The van der Waals surface area contributed by atoms with Crippen molar-refractivity contribution in [2.24, 2.45) is 5.73 Å². The number of nitrogens with one attached hydrogen (secondary N) is 1. The molecule has 0 radical (unpaired) electrons. The first-order valence-electron chi connectivity index (χ1n) is 5.53. The van der Waals surface area contributed by atoms with Gasteiger partial charge in [0.05, 0.1) is 5.56 Å². The Balaban J connectivity index is 2.88. The summed E-state index contributed by atoms with van der Waals surface area (Å²) in [5.74, 6) is 0.156. The summed E-state index contributed by atoms with van der Waals surface area (Å²) in [5.41, 5.74) is 4.06. The first-order chi connectivity index (χ1) is 8.86. The highest BCUT2D eigenvalue weighted by molar-refractivity contribution is 7.99. The number of hydrogen-bond acceptors (Lipinski definition) is 3. The minimum Gasteiger partial charge on any atom is -0.385 e. The average Bonchev–Trinajstić information content (AvgIpc) is 2.33. The van der Waals surface area contributed by atoms with E-state index in [1.807, 2.05) is 0 Å². The van der Waals surface area contributed by atoms with Gasteiger partial charge < -0.3 is 10.5 Å². The zero-order valence-electron chi connectivity index (χ0n) is 10.4. The van der Waals surface area contributed by atoms with E-state index in [9.17, 15) is 13.2 Å². The number of benzene rings is 1. The number of nitrogens with two attached hydrogens (primary N) is 1. The Hall–Kier alpha value is -1.21. The molecule has 0 bridgehead atoms. The third-order valence-corrected chi connectivity index (χ3v) is 3.43. The Bertz CT molecular complexity index is 449. The normalized spacial score (nSPS) is 11.6. The highest BCUT2D eigenvalue weighted by atomic mass is 32.2. The van der Waals surface area contributed by atoms with Crippen molar-refractivity contribution in [1.82, 2.24) is 0 Å². The second-order valence-corrected chi connectivity index (χ2v) is 4.98. The van der Waals surface area contributed by atoms with Gasteiger partial charge in [-0.05, 0) is 24.6 Å². The Labute approximate surface area is 113 Å². The Morgan fingerprint density at radius 1 is 1.42 bits per heavy atom. The van der Waals surface area contributed by atoms with Gasteiger partial charge in [0.25, 0.3) is 0 Å². The lowest BCUT2D eigenvalue weighted by Gasteiger charge is -2.13. The van der Waals surface area contributed by atoms with E-state index in [-0.39, 0.29) is 5.56 Å². The number of ether oxygens (including phenoxy) is 1. The number of amidine groups is 1.